The molecule has 31 heavy (non-hydrogen) atoms. The minimum atomic E-state index is -0.276. The first-order chi connectivity index (χ1) is 15.0. The van der Waals surface area contributed by atoms with Crippen molar-refractivity contribution in [1.82, 2.24) is 20.0 Å². The summed E-state index contributed by atoms with van der Waals surface area (Å²) in [6, 6.07) is 15.0. The maximum atomic E-state index is 12.7. The quantitative estimate of drug-likeness (QED) is 0.544. The second kappa shape index (κ2) is 10.7. The molecule has 0 unspecified atom stereocenters. The highest BCUT2D eigenvalue weighted by molar-refractivity contribution is 5.83. The van der Waals surface area contributed by atoms with Gasteiger partial charge in [0.05, 0.1) is 11.1 Å². The van der Waals surface area contributed by atoms with Crippen molar-refractivity contribution in [2.75, 3.05) is 26.2 Å². The molecule has 0 atom stereocenters. The van der Waals surface area contributed by atoms with Crippen molar-refractivity contribution >= 4 is 16.7 Å². The highest BCUT2D eigenvalue weighted by Crippen LogP contribution is 2.18. The van der Waals surface area contributed by atoms with Crippen molar-refractivity contribution in [3.8, 4) is 5.75 Å². The Kier molecular flexibility index (Phi) is 7.78. The molecule has 0 fully saturated rings. The lowest BCUT2D eigenvalue weighted by Gasteiger charge is -2.19. The fraction of sp³-hybridized carbons (Fsp3) is 0.375. The molecule has 1 amide bonds. The van der Waals surface area contributed by atoms with E-state index in [2.05, 4.69) is 29.2 Å². The van der Waals surface area contributed by atoms with Gasteiger partial charge in [-0.25, -0.2) is 4.68 Å². The molecule has 0 radical (unpaired) electrons. The van der Waals surface area contributed by atoms with E-state index in [0.29, 0.717) is 18.5 Å². The summed E-state index contributed by atoms with van der Waals surface area (Å²) in [5.41, 5.74) is 1.34. The zero-order valence-electron chi connectivity index (χ0n) is 18.4. The zero-order chi connectivity index (χ0) is 22.2. The fourth-order valence-electron chi connectivity index (χ4n) is 3.51. The monoisotopic (exact) mass is 422 g/mol. The number of fused-ring (bicyclic) bond motifs is 1. The SMILES string of the molecule is CCN(CC)CCOc1ccccc1CNC(=O)Cn1nc(C)c2ccccc2c1=O. The number of aryl methyl sites for hydroxylation is 1. The molecule has 3 aromatic rings. The number of nitrogens with one attached hydrogen (secondary N) is 1. The molecule has 1 N–H and O–H groups in total. The molecule has 1 aromatic heterocycles. The van der Waals surface area contributed by atoms with E-state index < -0.39 is 0 Å². The van der Waals surface area contributed by atoms with Gasteiger partial charge in [0, 0.05) is 24.0 Å². The minimum Gasteiger partial charge on any atom is -0.492 e. The van der Waals surface area contributed by atoms with E-state index in [4.69, 9.17) is 4.74 Å². The molecule has 164 valence electrons. The maximum Gasteiger partial charge on any atom is 0.275 e. The molecule has 0 spiro atoms. The average molecular weight is 423 g/mol. The van der Waals surface area contributed by atoms with E-state index in [1.165, 1.54) is 4.68 Å². The summed E-state index contributed by atoms with van der Waals surface area (Å²) >= 11 is 0. The number of hydrogen-bond donors (Lipinski definition) is 1. The van der Waals surface area contributed by atoms with E-state index in [9.17, 15) is 9.59 Å². The van der Waals surface area contributed by atoms with Gasteiger partial charge in [0.15, 0.2) is 0 Å². The van der Waals surface area contributed by atoms with E-state index >= 15 is 0 Å². The van der Waals surface area contributed by atoms with E-state index in [-0.39, 0.29) is 18.0 Å². The molecule has 3 rings (SSSR count). The summed E-state index contributed by atoms with van der Waals surface area (Å²) in [5.74, 6) is 0.481. The number of amides is 1. The smallest absolute Gasteiger partial charge is 0.275 e. The standard InChI is InChI=1S/C24H30N4O3/c1-4-27(5-2)14-15-31-22-13-9-6-10-19(22)16-25-23(29)17-28-24(30)21-12-8-7-11-20(21)18(3)26-28/h6-13H,4-5,14-17H2,1-3H3,(H,25,29). The average Bonchev–Trinajstić information content (AvgIpc) is 2.79. The Labute approximate surface area is 182 Å². The van der Waals surface area contributed by atoms with Crippen LogP contribution in [0.5, 0.6) is 5.75 Å². The van der Waals surface area contributed by atoms with Gasteiger partial charge in [-0.15, -0.1) is 0 Å². The Morgan fingerprint density at radius 1 is 1.06 bits per heavy atom. The van der Waals surface area contributed by atoms with Gasteiger partial charge in [-0.1, -0.05) is 50.2 Å². The van der Waals surface area contributed by atoms with Gasteiger partial charge in [-0.05, 0) is 32.1 Å². The molecule has 0 saturated heterocycles. The summed E-state index contributed by atoms with van der Waals surface area (Å²) in [4.78, 5) is 27.5. The third kappa shape index (κ3) is 5.70. The lowest BCUT2D eigenvalue weighted by molar-refractivity contribution is -0.122. The van der Waals surface area contributed by atoms with Gasteiger partial charge in [0.25, 0.3) is 5.56 Å². The fourth-order valence-corrected chi connectivity index (χ4v) is 3.51. The Bertz CT molecular complexity index is 1090. The van der Waals surface area contributed by atoms with Crippen molar-refractivity contribution in [1.29, 1.82) is 0 Å². The highest BCUT2D eigenvalue weighted by Gasteiger charge is 2.12. The van der Waals surface area contributed by atoms with Gasteiger partial charge in [-0.2, -0.15) is 5.10 Å². The number of carbonyl (C=O) groups is 1. The zero-order valence-corrected chi connectivity index (χ0v) is 18.4. The number of para-hydroxylation sites is 1. The topological polar surface area (TPSA) is 76.5 Å². The van der Waals surface area contributed by atoms with Gasteiger partial charge in [0.2, 0.25) is 5.91 Å². The normalized spacial score (nSPS) is 11.1. The first-order valence-electron chi connectivity index (χ1n) is 10.7. The molecule has 7 nitrogen and oxygen atoms in total. The van der Waals surface area contributed by atoms with Crippen LogP contribution in [0.3, 0.4) is 0 Å². The molecule has 0 saturated carbocycles. The number of rotatable bonds is 10. The second-order valence-corrected chi connectivity index (χ2v) is 7.35. The Morgan fingerprint density at radius 2 is 1.74 bits per heavy atom. The number of aromatic nitrogens is 2. The van der Waals surface area contributed by atoms with Crippen LogP contribution in [0.4, 0.5) is 0 Å². The van der Waals surface area contributed by atoms with Crippen molar-refractivity contribution in [2.45, 2.75) is 33.9 Å². The lowest BCUT2D eigenvalue weighted by Crippen LogP contribution is -2.34. The first kappa shape index (κ1) is 22.5. The third-order valence-corrected chi connectivity index (χ3v) is 5.35. The molecule has 7 heteroatoms. The van der Waals surface area contributed by atoms with Crippen LogP contribution in [0.25, 0.3) is 10.8 Å². The van der Waals surface area contributed by atoms with Crippen molar-refractivity contribution in [3.63, 3.8) is 0 Å². The van der Waals surface area contributed by atoms with Crippen LogP contribution in [-0.4, -0.2) is 46.8 Å². The minimum absolute atomic E-state index is 0.129. The van der Waals surface area contributed by atoms with E-state index in [1.54, 1.807) is 6.07 Å². The summed E-state index contributed by atoms with van der Waals surface area (Å²) in [6.45, 7) is 9.69. The second-order valence-electron chi connectivity index (χ2n) is 7.35. The summed E-state index contributed by atoms with van der Waals surface area (Å²) < 4.78 is 7.17. The van der Waals surface area contributed by atoms with Crippen LogP contribution < -0.4 is 15.6 Å². The Hall–Kier alpha value is -3.19. The van der Waals surface area contributed by atoms with E-state index in [0.717, 1.165) is 42.0 Å². The molecular weight excluding hydrogens is 392 g/mol. The number of carbonyl (C=O) groups excluding carboxylic acids is 1. The molecular formula is C24H30N4O3. The summed E-state index contributed by atoms with van der Waals surface area (Å²) in [5, 5.41) is 8.55. The van der Waals surface area contributed by atoms with Crippen LogP contribution in [0, 0.1) is 6.92 Å². The lowest BCUT2D eigenvalue weighted by atomic mass is 10.1. The van der Waals surface area contributed by atoms with Crippen LogP contribution >= 0.6 is 0 Å². The summed E-state index contributed by atoms with van der Waals surface area (Å²) in [6.07, 6.45) is 0. The molecule has 0 bridgehead atoms. The van der Waals surface area contributed by atoms with Gasteiger partial charge < -0.3 is 15.0 Å². The first-order valence-corrected chi connectivity index (χ1v) is 10.7. The van der Waals surface area contributed by atoms with Crippen LogP contribution in [0.2, 0.25) is 0 Å². The van der Waals surface area contributed by atoms with Gasteiger partial charge in [-0.3, -0.25) is 9.59 Å². The molecule has 2 aromatic carbocycles. The predicted octanol–water partition coefficient (Wildman–Crippen LogP) is 2.74. The van der Waals surface area contributed by atoms with Crippen molar-refractivity contribution < 1.29 is 9.53 Å². The summed E-state index contributed by atoms with van der Waals surface area (Å²) in [7, 11) is 0. The number of ether oxygens (including phenoxy) is 1. The molecule has 0 aliphatic heterocycles. The molecule has 0 aliphatic rings. The third-order valence-electron chi connectivity index (χ3n) is 5.35. The largest absolute Gasteiger partial charge is 0.492 e. The Balaban J connectivity index is 1.62. The van der Waals surface area contributed by atoms with Gasteiger partial charge in [0.1, 0.15) is 18.9 Å². The maximum absolute atomic E-state index is 12.7. The highest BCUT2D eigenvalue weighted by atomic mass is 16.5. The number of hydrogen-bond acceptors (Lipinski definition) is 5. The van der Waals surface area contributed by atoms with E-state index in [1.807, 2.05) is 49.4 Å². The number of nitrogens with zero attached hydrogens (tertiary/aromatic N) is 3. The van der Waals surface area contributed by atoms with Crippen LogP contribution in [-0.2, 0) is 17.9 Å². The predicted molar refractivity (Wildman–Crippen MR) is 122 cm³/mol. The Morgan fingerprint density at radius 3 is 2.48 bits per heavy atom. The number of benzene rings is 2. The van der Waals surface area contributed by atoms with Crippen molar-refractivity contribution in [2.24, 2.45) is 0 Å². The van der Waals surface area contributed by atoms with Crippen LogP contribution in [0.1, 0.15) is 25.1 Å². The molecule has 1 heterocycles. The molecule has 0 aliphatic carbocycles. The van der Waals surface area contributed by atoms with Gasteiger partial charge >= 0.3 is 0 Å². The van der Waals surface area contributed by atoms with Crippen molar-refractivity contribution in [3.05, 3.63) is 70.1 Å². The van der Waals surface area contributed by atoms with Crippen LogP contribution in [0.15, 0.2) is 53.3 Å². The number of likely N-dealkylation sites (N-methyl/N-ethyl adjacent to an activating group) is 1.